The second-order valence-electron chi connectivity index (χ2n) is 16.4. The zero-order valence-corrected chi connectivity index (χ0v) is 36.7. The molecule has 1 amide bonds. The van der Waals surface area contributed by atoms with Gasteiger partial charge in [0.25, 0.3) is 0 Å². The number of carbonyl (C=O) groups is 2. The smallest absolute Gasteiger partial charge is 0.305 e. The summed E-state index contributed by atoms with van der Waals surface area (Å²) in [5.41, 5.74) is 0. The minimum Gasteiger partial charge on any atom is -0.466 e. The van der Waals surface area contributed by atoms with E-state index < -0.39 is 12.1 Å². The summed E-state index contributed by atoms with van der Waals surface area (Å²) < 4.78 is 5.41. The van der Waals surface area contributed by atoms with Crippen LogP contribution in [0.1, 0.15) is 251 Å². The molecule has 0 aromatic heterocycles. The molecule has 55 heavy (non-hydrogen) atoms. The summed E-state index contributed by atoms with van der Waals surface area (Å²) in [5.74, 6) is -0.117. The number of rotatable bonds is 44. The Morgan fingerprint density at radius 1 is 0.491 bits per heavy atom. The van der Waals surface area contributed by atoms with Crippen LogP contribution >= 0.6 is 0 Å². The van der Waals surface area contributed by atoms with Gasteiger partial charge < -0.3 is 20.3 Å². The van der Waals surface area contributed by atoms with Crippen LogP contribution in [0.15, 0.2) is 24.3 Å². The molecule has 0 radical (unpaired) electrons. The van der Waals surface area contributed by atoms with E-state index in [-0.39, 0.29) is 18.5 Å². The van der Waals surface area contributed by atoms with E-state index in [0.29, 0.717) is 25.9 Å². The lowest BCUT2D eigenvalue weighted by atomic mass is 10.0. The van der Waals surface area contributed by atoms with Crippen LogP contribution in [-0.2, 0) is 14.3 Å². The number of hydrogen-bond acceptors (Lipinski definition) is 5. The molecule has 3 N–H and O–H groups in total. The van der Waals surface area contributed by atoms with Gasteiger partial charge in [0.15, 0.2) is 0 Å². The number of ether oxygens (including phenoxy) is 1. The number of amides is 1. The quantitative estimate of drug-likeness (QED) is 0.0325. The molecule has 0 aliphatic heterocycles. The van der Waals surface area contributed by atoms with Crippen molar-refractivity contribution in [3.05, 3.63) is 24.3 Å². The Bertz CT molecular complexity index is 858. The zero-order valence-electron chi connectivity index (χ0n) is 36.7. The summed E-state index contributed by atoms with van der Waals surface area (Å²) in [6, 6.07) is -0.566. The number of nitrogens with one attached hydrogen (secondary N) is 1. The molecule has 0 fully saturated rings. The highest BCUT2D eigenvalue weighted by atomic mass is 16.5. The lowest BCUT2D eigenvalue weighted by Crippen LogP contribution is -2.45. The zero-order chi connectivity index (χ0) is 40.1. The van der Waals surface area contributed by atoms with Gasteiger partial charge in [-0.2, -0.15) is 0 Å². The van der Waals surface area contributed by atoms with Gasteiger partial charge in [-0.3, -0.25) is 9.59 Å². The van der Waals surface area contributed by atoms with E-state index in [1.54, 1.807) is 0 Å². The van der Waals surface area contributed by atoms with Crippen molar-refractivity contribution >= 4 is 11.9 Å². The van der Waals surface area contributed by atoms with E-state index in [0.717, 1.165) is 77.0 Å². The summed E-state index contributed by atoms with van der Waals surface area (Å²) in [6.45, 7) is 4.84. The van der Waals surface area contributed by atoms with Crippen LogP contribution in [0.2, 0.25) is 0 Å². The summed E-state index contributed by atoms with van der Waals surface area (Å²) in [7, 11) is 0. The molecule has 0 saturated carbocycles. The molecule has 324 valence electrons. The van der Waals surface area contributed by atoms with Crippen LogP contribution in [0.3, 0.4) is 0 Å². The number of hydrogen-bond donors (Lipinski definition) is 3. The number of carbonyl (C=O) groups excluding carboxylic acids is 2. The standard InChI is InChI=1S/C49H93NO5/c1-3-5-7-9-11-13-15-17-18-20-21-25-29-33-37-41-47(52)46(45-51)50-48(53)42-38-34-30-26-23-24-28-32-36-40-44-55-49(54)43-39-35-31-27-22-19-16-14-12-10-8-6-4-2/h14,16,24,28,46-47,51-52H,3-13,15,17-23,25-27,29-45H2,1-2H3,(H,50,53)/b16-14-,28-24-. The molecule has 0 aliphatic rings. The molecule has 0 heterocycles. The Morgan fingerprint density at radius 2 is 0.855 bits per heavy atom. The Hall–Kier alpha value is -1.66. The number of unbranched alkanes of at least 4 members (excludes halogenated alkanes) is 29. The van der Waals surface area contributed by atoms with Gasteiger partial charge >= 0.3 is 5.97 Å². The fraction of sp³-hybridized carbons (Fsp3) is 0.878. The van der Waals surface area contributed by atoms with E-state index >= 15 is 0 Å². The van der Waals surface area contributed by atoms with Gasteiger partial charge in [-0.1, -0.05) is 186 Å². The van der Waals surface area contributed by atoms with Crippen molar-refractivity contribution in [3.63, 3.8) is 0 Å². The maximum atomic E-state index is 12.4. The molecule has 2 unspecified atom stereocenters. The van der Waals surface area contributed by atoms with Crippen molar-refractivity contribution in [2.45, 2.75) is 264 Å². The van der Waals surface area contributed by atoms with Crippen molar-refractivity contribution in [2.24, 2.45) is 0 Å². The third kappa shape index (κ3) is 41.8. The predicted octanol–water partition coefficient (Wildman–Crippen LogP) is 14.0. The van der Waals surface area contributed by atoms with Crippen molar-refractivity contribution in [1.82, 2.24) is 5.32 Å². The molecule has 0 saturated heterocycles. The van der Waals surface area contributed by atoms with Gasteiger partial charge in [-0.15, -0.1) is 0 Å². The molecular formula is C49H93NO5. The highest BCUT2D eigenvalue weighted by molar-refractivity contribution is 5.76. The molecular weight excluding hydrogens is 683 g/mol. The Morgan fingerprint density at radius 3 is 1.31 bits per heavy atom. The highest BCUT2D eigenvalue weighted by Crippen LogP contribution is 2.15. The van der Waals surface area contributed by atoms with E-state index in [1.165, 1.54) is 141 Å². The number of aliphatic hydroxyl groups is 2. The first-order valence-electron chi connectivity index (χ1n) is 24.1. The lowest BCUT2D eigenvalue weighted by molar-refractivity contribution is -0.143. The normalized spacial score (nSPS) is 12.9. The Kier molecular flexibility index (Phi) is 43.7. The van der Waals surface area contributed by atoms with E-state index in [9.17, 15) is 19.8 Å². The summed E-state index contributed by atoms with van der Waals surface area (Å²) in [5, 5.41) is 23.2. The minimum atomic E-state index is -0.685. The average molecular weight is 776 g/mol. The van der Waals surface area contributed by atoms with Crippen molar-refractivity contribution in [1.29, 1.82) is 0 Å². The summed E-state index contributed by atoms with van der Waals surface area (Å²) in [4.78, 5) is 24.4. The van der Waals surface area contributed by atoms with E-state index in [2.05, 4.69) is 43.5 Å². The largest absolute Gasteiger partial charge is 0.466 e. The van der Waals surface area contributed by atoms with Crippen molar-refractivity contribution in [3.8, 4) is 0 Å². The lowest BCUT2D eigenvalue weighted by Gasteiger charge is -2.22. The molecule has 0 aromatic carbocycles. The second kappa shape index (κ2) is 45.0. The van der Waals surface area contributed by atoms with Gasteiger partial charge in [0.05, 0.1) is 25.4 Å². The van der Waals surface area contributed by atoms with Gasteiger partial charge in [0.2, 0.25) is 5.91 Å². The van der Waals surface area contributed by atoms with Crippen LogP contribution < -0.4 is 5.32 Å². The van der Waals surface area contributed by atoms with Gasteiger partial charge in [-0.05, 0) is 77.0 Å². The molecule has 6 heteroatoms. The number of allylic oxidation sites excluding steroid dienone is 4. The SMILES string of the molecule is CCCCCC/C=C\CCCCCCCC(=O)OCCCC/C=C\CCCCCCC(=O)NC(CO)C(O)CCCCCCCCCCCCCCCCC. The van der Waals surface area contributed by atoms with Crippen LogP contribution in [0.4, 0.5) is 0 Å². The van der Waals surface area contributed by atoms with Gasteiger partial charge in [0, 0.05) is 12.8 Å². The third-order valence-electron chi connectivity index (χ3n) is 11.0. The minimum absolute atomic E-state index is 0.0459. The van der Waals surface area contributed by atoms with Crippen molar-refractivity contribution in [2.75, 3.05) is 13.2 Å². The first-order chi connectivity index (χ1) is 27.0. The molecule has 0 spiro atoms. The third-order valence-corrected chi connectivity index (χ3v) is 11.0. The number of aliphatic hydroxyl groups excluding tert-OH is 2. The summed E-state index contributed by atoms with van der Waals surface area (Å²) >= 11 is 0. The fourth-order valence-corrected chi connectivity index (χ4v) is 7.21. The van der Waals surface area contributed by atoms with E-state index in [1.807, 2.05) is 0 Å². The predicted molar refractivity (Wildman–Crippen MR) is 236 cm³/mol. The number of esters is 1. The second-order valence-corrected chi connectivity index (χ2v) is 16.4. The van der Waals surface area contributed by atoms with E-state index in [4.69, 9.17) is 4.74 Å². The average Bonchev–Trinajstić information content (AvgIpc) is 3.18. The fourth-order valence-electron chi connectivity index (χ4n) is 7.21. The molecule has 0 bridgehead atoms. The maximum absolute atomic E-state index is 12.4. The maximum Gasteiger partial charge on any atom is 0.305 e. The summed E-state index contributed by atoms with van der Waals surface area (Å²) in [6.07, 6.45) is 51.4. The first-order valence-corrected chi connectivity index (χ1v) is 24.1. The van der Waals surface area contributed by atoms with Gasteiger partial charge in [0.1, 0.15) is 0 Å². The topological polar surface area (TPSA) is 95.9 Å². The monoisotopic (exact) mass is 776 g/mol. The van der Waals surface area contributed by atoms with Crippen LogP contribution in [-0.4, -0.2) is 47.4 Å². The highest BCUT2D eigenvalue weighted by Gasteiger charge is 2.20. The van der Waals surface area contributed by atoms with Crippen LogP contribution in [0.5, 0.6) is 0 Å². The van der Waals surface area contributed by atoms with Crippen LogP contribution in [0, 0.1) is 0 Å². The van der Waals surface area contributed by atoms with Crippen LogP contribution in [0.25, 0.3) is 0 Å². The van der Waals surface area contributed by atoms with Gasteiger partial charge in [-0.25, -0.2) is 0 Å². The molecule has 0 aromatic rings. The molecule has 0 aliphatic carbocycles. The Balaban J connectivity index is 3.55. The van der Waals surface area contributed by atoms with Crippen molar-refractivity contribution < 1.29 is 24.5 Å². The molecule has 0 rings (SSSR count). The Labute approximate surface area is 341 Å². The molecule has 2 atom stereocenters. The first kappa shape index (κ1) is 53.3. The molecule has 6 nitrogen and oxygen atoms in total.